The lowest BCUT2D eigenvalue weighted by Gasteiger charge is -2.24. The van der Waals surface area contributed by atoms with Crippen LogP contribution in [-0.2, 0) is 6.42 Å². The van der Waals surface area contributed by atoms with Gasteiger partial charge in [-0.1, -0.05) is 38.8 Å². The smallest absolute Gasteiger partial charge is 0.123 e. The molecule has 1 atom stereocenters. The Labute approximate surface area is 97.0 Å². The highest BCUT2D eigenvalue weighted by Crippen LogP contribution is 2.17. The fourth-order valence-corrected chi connectivity index (χ4v) is 2.09. The summed E-state index contributed by atoms with van der Waals surface area (Å²) in [6.45, 7) is 4.34. The normalized spacial score (nSPS) is 13.1. The monoisotopic (exact) mass is 224 g/mol. The lowest BCUT2D eigenvalue weighted by molar-refractivity contribution is 0.335. The Bertz CT molecular complexity index is 293. The Morgan fingerprint density at radius 2 is 1.75 bits per heavy atom. The largest absolute Gasteiger partial charge is 0.271 e. The first-order valence-corrected chi connectivity index (χ1v) is 5.91. The zero-order chi connectivity index (χ0) is 12.0. The van der Waals surface area contributed by atoms with E-state index in [1.54, 1.807) is 0 Å². The maximum absolute atomic E-state index is 12.8. The maximum atomic E-state index is 12.8. The van der Waals surface area contributed by atoms with E-state index in [2.05, 4.69) is 19.3 Å². The molecule has 0 saturated heterocycles. The van der Waals surface area contributed by atoms with Crippen molar-refractivity contribution < 1.29 is 4.39 Å². The summed E-state index contributed by atoms with van der Waals surface area (Å²) in [5, 5.41) is 0. The van der Waals surface area contributed by atoms with Gasteiger partial charge in [0.1, 0.15) is 5.82 Å². The van der Waals surface area contributed by atoms with Crippen molar-refractivity contribution in [3.8, 4) is 0 Å². The molecule has 0 saturated carbocycles. The van der Waals surface area contributed by atoms with Crippen LogP contribution in [0.25, 0.3) is 0 Å². The number of hydrogen-bond donors (Lipinski definition) is 2. The number of hydrazine groups is 1. The van der Waals surface area contributed by atoms with Crippen molar-refractivity contribution in [1.29, 1.82) is 0 Å². The summed E-state index contributed by atoms with van der Waals surface area (Å²) in [7, 11) is 0. The van der Waals surface area contributed by atoms with Gasteiger partial charge >= 0.3 is 0 Å². The first-order chi connectivity index (χ1) is 7.71. The first kappa shape index (κ1) is 13.1. The van der Waals surface area contributed by atoms with E-state index in [0.29, 0.717) is 5.92 Å². The van der Waals surface area contributed by atoms with E-state index in [-0.39, 0.29) is 11.9 Å². The third-order valence-corrected chi connectivity index (χ3v) is 3.20. The van der Waals surface area contributed by atoms with Gasteiger partial charge in [-0.15, -0.1) is 0 Å². The van der Waals surface area contributed by atoms with Crippen LogP contribution in [0.3, 0.4) is 0 Å². The average molecular weight is 224 g/mol. The predicted octanol–water partition coefficient (Wildman–Crippen LogP) is 2.64. The van der Waals surface area contributed by atoms with Gasteiger partial charge in [-0.25, -0.2) is 4.39 Å². The molecule has 1 rings (SSSR count). The van der Waals surface area contributed by atoms with Crippen LogP contribution in [0.1, 0.15) is 32.3 Å². The molecule has 3 N–H and O–H groups in total. The summed E-state index contributed by atoms with van der Waals surface area (Å²) >= 11 is 0. The zero-order valence-corrected chi connectivity index (χ0v) is 10.0. The summed E-state index contributed by atoms with van der Waals surface area (Å²) in [6.07, 6.45) is 3.06. The number of nitrogens with two attached hydrogens (primary N) is 1. The minimum absolute atomic E-state index is 0.191. The number of hydrogen-bond acceptors (Lipinski definition) is 2. The molecule has 0 aromatic heterocycles. The first-order valence-electron chi connectivity index (χ1n) is 5.91. The van der Waals surface area contributed by atoms with Gasteiger partial charge in [0.15, 0.2) is 0 Å². The molecule has 0 aliphatic carbocycles. The van der Waals surface area contributed by atoms with Crippen molar-refractivity contribution in [2.45, 2.75) is 39.2 Å². The molecule has 0 spiro atoms. The van der Waals surface area contributed by atoms with E-state index < -0.39 is 0 Å². The molecule has 0 fully saturated rings. The summed E-state index contributed by atoms with van der Waals surface area (Å²) in [5.74, 6) is 5.95. The molecule has 0 aliphatic rings. The molecular formula is C13H21FN2. The second kappa shape index (κ2) is 6.61. The van der Waals surface area contributed by atoms with Crippen molar-refractivity contribution >= 4 is 0 Å². The Balaban J connectivity index is 2.65. The number of benzene rings is 1. The third-order valence-electron chi connectivity index (χ3n) is 3.20. The van der Waals surface area contributed by atoms with Crippen molar-refractivity contribution in [2.24, 2.45) is 11.8 Å². The standard InChI is InChI=1S/C13H21FN2/c1-3-11(4-2)13(16-15)9-10-5-7-12(14)8-6-10/h5-8,11,13,16H,3-4,9,15H2,1-2H3. The van der Waals surface area contributed by atoms with E-state index in [1.165, 1.54) is 12.1 Å². The Kier molecular flexibility index (Phi) is 5.43. The minimum atomic E-state index is -0.191. The van der Waals surface area contributed by atoms with Gasteiger partial charge in [-0.3, -0.25) is 11.3 Å². The number of rotatable bonds is 6. The van der Waals surface area contributed by atoms with Gasteiger partial charge < -0.3 is 0 Å². The van der Waals surface area contributed by atoms with Crippen LogP contribution in [0.15, 0.2) is 24.3 Å². The van der Waals surface area contributed by atoms with Gasteiger partial charge in [-0.2, -0.15) is 0 Å². The second-order valence-corrected chi connectivity index (χ2v) is 4.18. The van der Waals surface area contributed by atoms with Crippen LogP contribution in [0.5, 0.6) is 0 Å². The molecule has 1 aromatic rings. The zero-order valence-electron chi connectivity index (χ0n) is 10.0. The topological polar surface area (TPSA) is 38.0 Å². The van der Waals surface area contributed by atoms with E-state index >= 15 is 0 Å². The van der Waals surface area contributed by atoms with Crippen LogP contribution >= 0.6 is 0 Å². The van der Waals surface area contributed by atoms with E-state index in [0.717, 1.165) is 24.8 Å². The fraction of sp³-hybridized carbons (Fsp3) is 0.538. The van der Waals surface area contributed by atoms with Gasteiger partial charge in [0.25, 0.3) is 0 Å². The summed E-state index contributed by atoms with van der Waals surface area (Å²) < 4.78 is 12.8. The summed E-state index contributed by atoms with van der Waals surface area (Å²) in [6, 6.07) is 6.90. The van der Waals surface area contributed by atoms with Gasteiger partial charge in [0.2, 0.25) is 0 Å². The van der Waals surface area contributed by atoms with Crippen LogP contribution in [0, 0.1) is 11.7 Å². The lowest BCUT2D eigenvalue weighted by Crippen LogP contribution is -2.42. The molecule has 1 unspecified atom stereocenters. The van der Waals surface area contributed by atoms with Crippen LogP contribution in [0.2, 0.25) is 0 Å². The summed E-state index contributed by atoms with van der Waals surface area (Å²) in [4.78, 5) is 0. The van der Waals surface area contributed by atoms with Crippen molar-refractivity contribution in [2.75, 3.05) is 0 Å². The number of nitrogens with one attached hydrogen (secondary N) is 1. The third kappa shape index (κ3) is 3.58. The van der Waals surface area contributed by atoms with Gasteiger partial charge in [0, 0.05) is 6.04 Å². The van der Waals surface area contributed by atoms with Crippen LogP contribution in [0.4, 0.5) is 4.39 Å². The molecule has 90 valence electrons. The molecule has 0 bridgehead atoms. The predicted molar refractivity (Wildman–Crippen MR) is 65.3 cm³/mol. The van der Waals surface area contributed by atoms with Crippen LogP contribution < -0.4 is 11.3 Å². The van der Waals surface area contributed by atoms with Crippen molar-refractivity contribution in [3.63, 3.8) is 0 Å². The molecule has 2 nitrogen and oxygen atoms in total. The molecule has 0 heterocycles. The van der Waals surface area contributed by atoms with Gasteiger partial charge in [0.05, 0.1) is 0 Å². The highest BCUT2D eigenvalue weighted by molar-refractivity contribution is 5.17. The van der Waals surface area contributed by atoms with E-state index in [9.17, 15) is 4.39 Å². The minimum Gasteiger partial charge on any atom is -0.271 e. The van der Waals surface area contributed by atoms with E-state index in [1.807, 2.05) is 12.1 Å². The molecular weight excluding hydrogens is 203 g/mol. The molecule has 16 heavy (non-hydrogen) atoms. The Morgan fingerprint density at radius 3 is 2.19 bits per heavy atom. The molecule has 0 aliphatic heterocycles. The quantitative estimate of drug-likeness (QED) is 0.576. The van der Waals surface area contributed by atoms with Crippen LogP contribution in [-0.4, -0.2) is 6.04 Å². The van der Waals surface area contributed by atoms with Gasteiger partial charge in [-0.05, 0) is 30.0 Å². The highest BCUT2D eigenvalue weighted by Gasteiger charge is 2.17. The highest BCUT2D eigenvalue weighted by atomic mass is 19.1. The Morgan fingerprint density at radius 1 is 1.19 bits per heavy atom. The van der Waals surface area contributed by atoms with Crippen molar-refractivity contribution in [1.82, 2.24) is 5.43 Å². The van der Waals surface area contributed by atoms with E-state index in [4.69, 9.17) is 5.84 Å². The Hall–Kier alpha value is -0.930. The molecule has 0 radical (unpaired) electrons. The molecule has 3 heteroatoms. The summed E-state index contributed by atoms with van der Waals surface area (Å²) in [5.41, 5.74) is 3.99. The number of halogens is 1. The lowest BCUT2D eigenvalue weighted by atomic mass is 9.90. The molecule has 1 aromatic carbocycles. The second-order valence-electron chi connectivity index (χ2n) is 4.18. The fourth-order valence-electron chi connectivity index (χ4n) is 2.09. The molecule has 0 amide bonds. The average Bonchev–Trinajstić information content (AvgIpc) is 2.32. The van der Waals surface area contributed by atoms with Crippen molar-refractivity contribution in [3.05, 3.63) is 35.6 Å². The maximum Gasteiger partial charge on any atom is 0.123 e. The SMILES string of the molecule is CCC(CC)C(Cc1ccc(F)cc1)NN.